The zero-order valence-electron chi connectivity index (χ0n) is 16.1. The molecule has 0 bridgehead atoms. The summed E-state index contributed by atoms with van der Waals surface area (Å²) in [6, 6.07) is 16.7. The van der Waals surface area contributed by atoms with Gasteiger partial charge in [0.2, 0.25) is 0 Å². The average Bonchev–Trinajstić information content (AvgIpc) is 2.67. The Kier molecular flexibility index (Phi) is 7.86. The molecule has 0 heterocycles. The highest BCUT2D eigenvalue weighted by molar-refractivity contribution is 5.94. The maximum absolute atomic E-state index is 12.2. The summed E-state index contributed by atoms with van der Waals surface area (Å²) in [7, 11) is 0. The minimum absolute atomic E-state index is 0.137. The van der Waals surface area contributed by atoms with Crippen molar-refractivity contribution in [3.05, 3.63) is 65.7 Å². The predicted molar refractivity (Wildman–Crippen MR) is 105 cm³/mol. The van der Waals surface area contributed by atoms with Crippen molar-refractivity contribution >= 4 is 11.9 Å². The van der Waals surface area contributed by atoms with Crippen molar-refractivity contribution in [2.24, 2.45) is 5.92 Å². The summed E-state index contributed by atoms with van der Waals surface area (Å²) in [5.74, 6) is 0.263. The maximum Gasteiger partial charge on any atom is 0.347 e. The van der Waals surface area contributed by atoms with Gasteiger partial charge in [0.15, 0.2) is 6.10 Å². The molecular formula is C22H27NO4. The van der Waals surface area contributed by atoms with Gasteiger partial charge in [-0.15, -0.1) is 0 Å². The zero-order chi connectivity index (χ0) is 19.6. The lowest BCUT2D eigenvalue weighted by molar-refractivity contribution is -0.152. The molecule has 0 spiro atoms. The molecule has 0 aromatic heterocycles. The van der Waals surface area contributed by atoms with Crippen LogP contribution in [0.5, 0.6) is 5.75 Å². The third kappa shape index (κ3) is 7.13. The average molecular weight is 369 g/mol. The molecule has 5 heteroatoms. The number of rotatable bonds is 9. The van der Waals surface area contributed by atoms with Crippen LogP contribution in [0.3, 0.4) is 0 Å². The summed E-state index contributed by atoms with van der Waals surface area (Å²) >= 11 is 0. The molecular weight excluding hydrogens is 342 g/mol. The van der Waals surface area contributed by atoms with Crippen LogP contribution in [0.1, 0.15) is 36.7 Å². The normalized spacial score (nSPS) is 11.7. The van der Waals surface area contributed by atoms with Crippen LogP contribution in [0.15, 0.2) is 54.6 Å². The minimum atomic E-state index is -0.700. The van der Waals surface area contributed by atoms with E-state index in [9.17, 15) is 9.59 Å². The number of nitrogens with one attached hydrogen (secondary N) is 1. The van der Waals surface area contributed by atoms with E-state index >= 15 is 0 Å². The summed E-state index contributed by atoms with van der Waals surface area (Å²) in [5.41, 5.74) is 1.73. The first-order chi connectivity index (χ1) is 13.0. The van der Waals surface area contributed by atoms with Gasteiger partial charge in [-0.25, -0.2) is 4.79 Å². The van der Waals surface area contributed by atoms with E-state index in [1.807, 2.05) is 44.2 Å². The SMILES string of the molecule is CC(C)COC(=O)[C@@H](C)Oc1ccc(C(=O)NCCc2ccccc2)cc1. The second-order valence-electron chi connectivity index (χ2n) is 6.80. The van der Waals surface area contributed by atoms with Crippen molar-refractivity contribution in [1.29, 1.82) is 0 Å². The van der Waals surface area contributed by atoms with Crippen LogP contribution in [-0.4, -0.2) is 31.1 Å². The number of carbonyl (C=O) groups is 2. The van der Waals surface area contributed by atoms with E-state index in [4.69, 9.17) is 9.47 Å². The highest BCUT2D eigenvalue weighted by atomic mass is 16.6. The highest BCUT2D eigenvalue weighted by Gasteiger charge is 2.17. The van der Waals surface area contributed by atoms with Crippen molar-refractivity contribution in [2.45, 2.75) is 33.3 Å². The Morgan fingerprint density at radius 3 is 2.26 bits per heavy atom. The monoisotopic (exact) mass is 369 g/mol. The number of carbonyl (C=O) groups excluding carboxylic acids is 2. The van der Waals surface area contributed by atoms with Crippen LogP contribution in [-0.2, 0) is 16.0 Å². The molecule has 0 aliphatic carbocycles. The lowest BCUT2D eigenvalue weighted by Gasteiger charge is -2.15. The largest absolute Gasteiger partial charge is 0.479 e. The van der Waals surface area contributed by atoms with Crippen molar-refractivity contribution in [2.75, 3.05) is 13.2 Å². The van der Waals surface area contributed by atoms with Gasteiger partial charge in [-0.3, -0.25) is 4.79 Å². The van der Waals surface area contributed by atoms with E-state index in [2.05, 4.69) is 5.32 Å². The van der Waals surface area contributed by atoms with Gasteiger partial charge < -0.3 is 14.8 Å². The standard InChI is InChI=1S/C22H27NO4/c1-16(2)15-26-22(25)17(3)27-20-11-9-19(10-12-20)21(24)23-14-13-18-7-5-4-6-8-18/h4-12,16-17H,13-15H2,1-3H3,(H,23,24)/t17-/m1/s1. The number of esters is 1. The quantitative estimate of drug-likeness (QED) is 0.686. The molecule has 0 unspecified atom stereocenters. The Morgan fingerprint density at radius 2 is 1.63 bits per heavy atom. The lowest BCUT2D eigenvalue weighted by atomic mass is 10.1. The smallest absolute Gasteiger partial charge is 0.347 e. The molecule has 5 nitrogen and oxygen atoms in total. The molecule has 1 N–H and O–H groups in total. The minimum Gasteiger partial charge on any atom is -0.479 e. The van der Waals surface area contributed by atoms with Crippen LogP contribution in [0.25, 0.3) is 0 Å². The molecule has 0 saturated carbocycles. The van der Waals surface area contributed by atoms with Gasteiger partial charge >= 0.3 is 5.97 Å². The van der Waals surface area contributed by atoms with E-state index in [1.54, 1.807) is 31.2 Å². The summed E-state index contributed by atoms with van der Waals surface area (Å²) in [6.45, 7) is 6.53. The molecule has 1 amide bonds. The van der Waals surface area contributed by atoms with Crippen molar-refractivity contribution in [3.8, 4) is 5.75 Å². The molecule has 0 fully saturated rings. The molecule has 144 valence electrons. The van der Waals surface area contributed by atoms with Crippen LogP contribution >= 0.6 is 0 Å². The molecule has 2 aromatic carbocycles. The third-order valence-electron chi connectivity index (χ3n) is 3.86. The van der Waals surface area contributed by atoms with Crippen LogP contribution in [0.4, 0.5) is 0 Å². The molecule has 2 aromatic rings. The molecule has 1 atom stereocenters. The van der Waals surface area contributed by atoms with Crippen molar-refractivity contribution in [3.63, 3.8) is 0 Å². The fourth-order valence-electron chi connectivity index (χ4n) is 2.37. The fourth-order valence-corrected chi connectivity index (χ4v) is 2.37. The van der Waals surface area contributed by atoms with Gasteiger partial charge in [0.1, 0.15) is 5.75 Å². The number of hydrogen-bond acceptors (Lipinski definition) is 4. The van der Waals surface area contributed by atoms with Gasteiger partial charge in [0, 0.05) is 12.1 Å². The Morgan fingerprint density at radius 1 is 0.963 bits per heavy atom. The predicted octanol–water partition coefficient (Wildman–Crippen LogP) is 3.63. The van der Waals surface area contributed by atoms with Crippen LogP contribution in [0.2, 0.25) is 0 Å². The molecule has 0 aliphatic heterocycles. The summed E-state index contributed by atoms with van der Waals surface area (Å²) < 4.78 is 10.7. The second-order valence-corrected chi connectivity index (χ2v) is 6.80. The van der Waals surface area contributed by atoms with E-state index in [-0.39, 0.29) is 11.8 Å². The van der Waals surface area contributed by atoms with E-state index < -0.39 is 12.1 Å². The van der Waals surface area contributed by atoms with Gasteiger partial charge in [0.05, 0.1) is 6.61 Å². The Hall–Kier alpha value is -2.82. The molecule has 2 rings (SSSR count). The number of benzene rings is 2. The number of hydrogen-bond donors (Lipinski definition) is 1. The Bertz CT molecular complexity index is 726. The van der Waals surface area contributed by atoms with E-state index in [0.29, 0.717) is 24.5 Å². The van der Waals surface area contributed by atoms with E-state index in [0.717, 1.165) is 6.42 Å². The van der Waals surface area contributed by atoms with Crippen LogP contribution < -0.4 is 10.1 Å². The second kappa shape index (κ2) is 10.4. The molecule has 0 aliphatic rings. The summed E-state index contributed by atoms with van der Waals surface area (Å²) in [6.07, 6.45) is 0.0818. The Labute approximate surface area is 160 Å². The molecule has 27 heavy (non-hydrogen) atoms. The fraction of sp³-hybridized carbons (Fsp3) is 0.364. The van der Waals surface area contributed by atoms with E-state index in [1.165, 1.54) is 5.56 Å². The zero-order valence-corrected chi connectivity index (χ0v) is 16.1. The van der Waals surface area contributed by atoms with Gasteiger partial charge in [-0.2, -0.15) is 0 Å². The topological polar surface area (TPSA) is 64.6 Å². The summed E-state index contributed by atoms with van der Waals surface area (Å²) in [4.78, 5) is 24.1. The molecule has 0 radical (unpaired) electrons. The molecule has 0 saturated heterocycles. The first-order valence-electron chi connectivity index (χ1n) is 9.21. The van der Waals surface area contributed by atoms with Crippen molar-refractivity contribution in [1.82, 2.24) is 5.32 Å². The first-order valence-corrected chi connectivity index (χ1v) is 9.21. The highest BCUT2D eigenvalue weighted by Crippen LogP contribution is 2.14. The summed E-state index contributed by atoms with van der Waals surface area (Å²) in [5, 5.41) is 2.90. The Balaban J connectivity index is 1.79. The number of amides is 1. The lowest BCUT2D eigenvalue weighted by Crippen LogP contribution is -2.27. The number of ether oxygens (including phenoxy) is 2. The van der Waals surface area contributed by atoms with Gasteiger partial charge in [0.25, 0.3) is 5.91 Å². The third-order valence-corrected chi connectivity index (χ3v) is 3.86. The first kappa shape index (κ1) is 20.5. The van der Waals surface area contributed by atoms with Gasteiger partial charge in [-0.1, -0.05) is 44.2 Å². The maximum atomic E-state index is 12.2. The van der Waals surface area contributed by atoms with Crippen molar-refractivity contribution < 1.29 is 19.1 Å². The van der Waals surface area contributed by atoms with Crippen LogP contribution in [0, 0.1) is 5.92 Å². The van der Waals surface area contributed by atoms with Gasteiger partial charge in [-0.05, 0) is 49.1 Å².